The fourth-order valence-corrected chi connectivity index (χ4v) is 8.04. The van der Waals surface area contributed by atoms with Gasteiger partial charge in [0.25, 0.3) is 0 Å². The summed E-state index contributed by atoms with van der Waals surface area (Å²) >= 11 is 0. The first-order chi connectivity index (χ1) is 20.1. The van der Waals surface area contributed by atoms with Crippen molar-refractivity contribution in [3.05, 3.63) is 139 Å². The van der Waals surface area contributed by atoms with E-state index in [2.05, 4.69) is 19.9 Å². The highest BCUT2D eigenvalue weighted by molar-refractivity contribution is 7.88. The molecular weight excluding hydrogens is 532 g/mol. The van der Waals surface area contributed by atoms with E-state index < -0.39 is 14.9 Å². The van der Waals surface area contributed by atoms with Crippen molar-refractivity contribution in [3.8, 4) is 5.75 Å². The number of aromatic amines is 4. The Bertz CT molecular complexity index is 2160. The number of para-hydroxylation sites is 4. The molecule has 0 radical (unpaired) electrons. The van der Waals surface area contributed by atoms with Gasteiger partial charge < -0.3 is 24.1 Å². The highest BCUT2D eigenvalue weighted by Crippen LogP contribution is 2.51. The number of benzene rings is 4. The quantitative estimate of drug-likeness (QED) is 0.161. The van der Waals surface area contributed by atoms with Crippen molar-refractivity contribution in [2.45, 2.75) is 4.75 Å². The third-order valence-electron chi connectivity index (χ3n) is 8.03. The molecule has 0 amide bonds. The Labute approximate surface area is 234 Å². The van der Waals surface area contributed by atoms with Crippen molar-refractivity contribution in [1.29, 1.82) is 0 Å². The minimum Gasteiger partial charge on any atom is -0.379 e. The molecular formula is C33H24N4O3S. The van der Waals surface area contributed by atoms with E-state index in [0.717, 1.165) is 38.2 Å². The first-order valence-electron chi connectivity index (χ1n) is 13.3. The van der Waals surface area contributed by atoms with E-state index >= 15 is 8.42 Å². The summed E-state index contributed by atoms with van der Waals surface area (Å²) in [6, 6.07) is 30.7. The molecule has 8 heteroatoms. The highest BCUT2D eigenvalue weighted by atomic mass is 32.2. The van der Waals surface area contributed by atoms with Gasteiger partial charge in [0, 0.05) is 85.1 Å². The maximum absolute atomic E-state index is 15.3. The molecule has 0 saturated carbocycles. The molecule has 7 nitrogen and oxygen atoms in total. The summed E-state index contributed by atoms with van der Waals surface area (Å²) in [6.07, 6.45) is 6.99. The van der Waals surface area contributed by atoms with Crippen LogP contribution in [0.2, 0.25) is 0 Å². The van der Waals surface area contributed by atoms with E-state index in [-0.39, 0.29) is 5.75 Å². The van der Waals surface area contributed by atoms with Crippen molar-refractivity contribution < 1.29 is 12.6 Å². The second-order valence-corrected chi connectivity index (χ2v) is 11.8. The van der Waals surface area contributed by atoms with E-state index in [0.29, 0.717) is 22.1 Å². The predicted molar refractivity (Wildman–Crippen MR) is 163 cm³/mol. The van der Waals surface area contributed by atoms with Gasteiger partial charge in [0.05, 0.1) is 0 Å². The van der Waals surface area contributed by atoms with Crippen molar-refractivity contribution >= 4 is 53.7 Å². The molecule has 4 N–H and O–H groups in total. The fraction of sp³-hybridized carbons (Fsp3) is 0.0303. The number of hydrogen-bond acceptors (Lipinski definition) is 3. The van der Waals surface area contributed by atoms with E-state index in [1.54, 1.807) is 24.8 Å². The Morgan fingerprint density at radius 2 is 0.805 bits per heavy atom. The van der Waals surface area contributed by atoms with Gasteiger partial charge in [-0.3, -0.25) is 0 Å². The average Bonchev–Trinajstić information content (AvgIpc) is 3.80. The Kier molecular flexibility index (Phi) is 4.99. The van der Waals surface area contributed by atoms with Gasteiger partial charge in [-0.2, -0.15) is 8.42 Å². The van der Waals surface area contributed by atoms with Crippen molar-refractivity contribution in [1.82, 2.24) is 19.9 Å². The number of fused-ring (bicyclic) bond motifs is 4. The molecule has 0 saturated heterocycles. The maximum Gasteiger partial charge on any atom is 0.328 e. The summed E-state index contributed by atoms with van der Waals surface area (Å²) in [5.74, 6) is 0.240. The lowest BCUT2D eigenvalue weighted by molar-refractivity contribution is 0.467. The van der Waals surface area contributed by atoms with Crippen LogP contribution in [0, 0.1) is 0 Å². The molecule has 41 heavy (non-hydrogen) atoms. The van der Waals surface area contributed by atoms with Gasteiger partial charge >= 0.3 is 10.1 Å². The molecule has 8 rings (SSSR count). The van der Waals surface area contributed by atoms with Crippen LogP contribution in [-0.2, 0) is 14.9 Å². The van der Waals surface area contributed by atoms with Gasteiger partial charge in [-0.05, 0) is 30.3 Å². The molecule has 8 aromatic rings. The van der Waals surface area contributed by atoms with Gasteiger partial charge in [0.15, 0.2) is 10.5 Å². The second kappa shape index (κ2) is 8.64. The molecule has 200 valence electrons. The highest BCUT2D eigenvalue weighted by Gasteiger charge is 2.55. The van der Waals surface area contributed by atoms with E-state index in [1.165, 1.54) is 0 Å². The van der Waals surface area contributed by atoms with Crippen LogP contribution in [0.1, 0.15) is 16.7 Å². The molecule has 0 aliphatic carbocycles. The third-order valence-corrected chi connectivity index (χ3v) is 9.84. The van der Waals surface area contributed by atoms with Crippen LogP contribution < -0.4 is 4.18 Å². The maximum atomic E-state index is 15.3. The smallest absolute Gasteiger partial charge is 0.328 e. The number of aromatic nitrogens is 4. The molecule has 4 heterocycles. The van der Waals surface area contributed by atoms with Crippen LogP contribution in [0.4, 0.5) is 0 Å². The van der Waals surface area contributed by atoms with Gasteiger partial charge in [-0.15, -0.1) is 0 Å². The Hall–Kier alpha value is -5.21. The second-order valence-electron chi connectivity index (χ2n) is 10.2. The van der Waals surface area contributed by atoms with Crippen LogP contribution in [0.15, 0.2) is 122 Å². The largest absolute Gasteiger partial charge is 0.379 e. The number of H-pyrrole nitrogens is 4. The number of hydrogen-bond donors (Lipinski definition) is 4. The molecule has 0 atom stereocenters. The first-order valence-corrected chi connectivity index (χ1v) is 14.7. The van der Waals surface area contributed by atoms with Crippen LogP contribution in [0.3, 0.4) is 0 Å². The van der Waals surface area contributed by atoms with Gasteiger partial charge in [0.2, 0.25) is 0 Å². The molecule has 0 unspecified atom stereocenters. The molecule has 0 aliphatic heterocycles. The zero-order valence-corrected chi connectivity index (χ0v) is 22.5. The Balaban J connectivity index is 1.54. The normalized spacial score (nSPS) is 12.6. The van der Waals surface area contributed by atoms with E-state index in [4.69, 9.17) is 4.18 Å². The summed E-state index contributed by atoms with van der Waals surface area (Å²) in [6.45, 7) is 0. The zero-order chi connectivity index (χ0) is 27.6. The monoisotopic (exact) mass is 556 g/mol. The molecule has 4 aromatic heterocycles. The summed E-state index contributed by atoms with van der Waals surface area (Å²) in [7, 11) is -4.52. The Morgan fingerprint density at radius 1 is 0.463 bits per heavy atom. The third kappa shape index (κ3) is 3.28. The average molecular weight is 557 g/mol. The summed E-state index contributed by atoms with van der Waals surface area (Å²) < 4.78 is 35.1. The summed E-state index contributed by atoms with van der Waals surface area (Å²) in [4.78, 5) is 13.1. The van der Waals surface area contributed by atoms with Gasteiger partial charge in [0.1, 0.15) is 0 Å². The lowest BCUT2D eigenvalue weighted by Gasteiger charge is -2.33. The SMILES string of the molecule is O=S(=O)(Oc1c[nH]c2ccccc12)C(c1c[nH]c2ccccc12)(c1c[nH]c2ccccc12)c1c[nH]c2ccccc12. The van der Waals surface area contributed by atoms with Crippen molar-refractivity contribution in [2.75, 3.05) is 0 Å². The lowest BCUT2D eigenvalue weighted by Crippen LogP contribution is -2.41. The van der Waals surface area contributed by atoms with Crippen LogP contribution in [0.5, 0.6) is 5.75 Å². The van der Waals surface area contributed by atoms with Crippen LogP contribution in [-0.4, -0.2) is 28.4 Å². The van der Waals surface area contributed by atoms with E-state index in [9.17, 15) is 0 Å². The topological polar surface area (TPSA) is 107 Å². The summed E-state index contributed by atoms with van der Waals surface area (Å²) in [5, 5.41) is 3.04. The Morgan fingerprint density at radius 3 is 1.24 bits per heavy atom. The number of rotatable bonds is 6. The lowest BCUT2D eigenvalue weighted by atomic mass is 9.83. The molecule has 4 aromatic carbocycles. The standard InChI is InChI=1S/C33H24N4O3S/c38-41(39,40-32-20-37-31-16-8-4-12-24(31)32)33(25-17-34-28-13-5-1-9-21(25)28,26-18-35-29-14-6-2-10-22(26)29)27-19-36-30-15-7-3-11-23(27)30/h1-20,34-37H. The summed E-state index contributed by atoms with van der Waals surface area (Å²) in [5.41, 5.74) is 4.98. The van der Waals surface area contributed by atoms with E-state index in [1.807, 2.05) is 97.1 Å². The molecule has 0 aliphatic rings. The fourth-order valence-electron chi connectivity index (χ4n) is 6.22. The predicted octanol–water partition coefficient (Wildman–Crippen LogP) is 7.31. The van der Waals surface area contributed by atoms with Crippen molar-refractivity contribution in [2.24, 2.45) is 0 Å². The van der Waals surface area contributed by atoms with Gasteiger partial charge in [-0.25, -0.2) is 0 Å². The zero-order valence-electron chi connectivity index (χ0n) is 21.7. The van der Waals surface area contributed by atoms with Crippen LogP contribution >= 0.6 is 0 Å². The number of nitrogens with one attached hydrogen (secondary N) is 4. The van der Waals surface area contributed by atoms with Crippen LogP contribution in [0.25, 0.3) is 43.6 Å². The van der Waals surface area contributed by atoms with Gasteiger partial charge in [-0.1, -0.05) is 66.7 Å². The first kappa shape index (κ1) is 23.7. The minimum absolute atomic E-state index is 0.240. The molecule has 0 spiro atoms. The molecule has 0 fully saturated rings. The van der Waals surface area contributed by atoms with Crippen molar-refractivity contribution in [3.63, 3.8) is 0 Å². The molecule has 0 bridgehead atoms. The minimum atomic E-state index is -4.52.